The predicted octanol–water partition coefficient (Wildman–Crippen LogP) is 6.27. The van der Waals surface area contributed by atoms with Crippen molar-refractivity contribution in [2.75, 3.05) is 6.61 Å². The Morgan fingerprint density at radius 1 is 1.28 bits per heavy atom. The van der Waals surface area contributed by atoms with Gasteiger partial charge >= 0.3 is 5.97 Å². The summed E-state index contributed by atoms with van der Waals surface area (Å²) >= 11 is 3.45. The summed E-state index contributed by atoms with van der Waals surface area (Å²) in [6.45, 7) is 8.36. The van der Waals surface area contributed by atoms with Gasteiger partial charge in [0.25, 0.3) is 0 Å². The first-order valence-electron chi connectivity index (χ1n) is 8.17. The molecule has 0 spiro atoms. The van der Waals surface area contributed by atoms with Gasteiger partial charge in [0.15, 0.2) is 0 Å². The number of allylic oxidation sites excluding steroid dienone is 3. The Kier molecular flexibility index (Phi) is 6.48. The summed E-state index contributed by atoms with van der Waals surface area (Å²) in [4.78, 5) is 11.4. The molecule has 4 nitrogen and oxygen atoms in total. The molecule has 1 aromatic heterocycles. The van der Waals surface area contributed by atoms with Crippen molar-refractivity contribution >= 4 is 32.9 Å². The number of carbonyl (C=O) groups is 1. The van der Waals surface area contributed by atoms with Gasteiger partial charge < -0.3 is 14.3 Å². The molecule has 0 aliphatic rings. The molecule has 1 heterocycles. The van der Waals surface area contributed by atoms with E-state index in [4.69, 9.17) is 9.15 Å². The number of hydrogen-bond donors (Lipinski definition) is 1. The van der Waals surface area contributed by atoms with Gasteiger partial charge in [0.1, 0.15) is 29.3 Å². The molecule has 2 aromatic rings. The van der Waals surface area contributed by atoms with Gasteiger partial charge in [-0.2, -0.15) is 0 Å². The molecule has 0 amide bonds. The molecule has 0 unspecified atom stereocenters. The van der Waals surface area contributed by atoms with E-state index in [0.29, 0.717) is 29.1 Å². The minimum absolute atomic E-state index is 0.181. The monoisotopic (exact) mass is 406 g/mol. The third-order valence-corrected chi connectivity index (χ3v) is 4.51. The molecule has 5 heteroatoms. The van der Waals surface area contributed by atoms with Crippen LogP contribution in [0.15, 0.2) is 44.3 Å². The molecule has 1 aromatic carbocycles. The molecule has 25 heavy (non-hydrogen) atoms. The zero-order valence-electron chi connectivity index (χ0n) is 15.0. The normalized spacial score (nSPS) is 11.6. The van der Waals surface area contributed by atoms with Gasteiger partial charge in [-0.3, -0.25) is 0 Å². The SMILES string of the molecule is CC(C)=CCCC(C)=CCOc1cc2c(C(=O)O)c(C)oc2cc1Br. The van der Waals surface area contributed by atoms with E-state index in [1.807, 2.05) is 6.08 Å². The van der Waals surface area contributed by atoms with Crippen molar-refractivity contribution in [3.8, 4) is 5.75 Å². The van der Waals surface area contributed by atoms with Crippen LogP contribution in [0.1, 0.15) is 49.7 Å². The van der Waals surface area contributed by atoms with Crippen molar-refractivity contribution in [1.82, 2.24) is 0 Å². The smallest absolute Gasteiger partial charge is 0.339 e. The number of aromatic carboxylic acids is 1. The summed E-state index contributed by atoms with van der Waals surface area (Å²) in [7, 11) is 0. The number of ether oxygens (including phenoxy) is 1. The van der Waals surface area contributed by atoms with Gasteiger partial charge in [0, 0.05) is 5.39 Å². The highest BCUT2D eigenvalue weighted by Gasteiger charge is 2.19. The van der Waals surface area contributed by atoms with Gasteiger partial charge in [-0.05, 0) is 74.7 Å². The van der Waals surface area contributed by atoms with E-state index in [9.17, 15) is 9.90 Å². The number of aryl methyl sites for hydroxylation is 1. The molecular weight excluding hydrogens is 384 g/mol. The first kappa shape index (κ1) is 19.3. The average Bonchev–Trinajstić information content (AvgIpc) is 2.81. The molecular formula is C20H23BrO4. The molecule has 0 aliphatic carbocycles. The molecule has 0 fully saturated rings. The Morgan fingerprint density at radius 2 is 2.00 bits per heavy atom. The van der Waals surface area contributed by atoms with Crippen molar-refractivity contribution in [3.05, 3.63) is 51.2 Å². The van der Waals surface area contributed by atoms with Crippen LogP contribution in [0.25, 0.3) is 11.0 Å². The van der Waals surface area contributed by atoms with Gasteiger partial charge in [0.2, 0.25) is 0 Å². The van der Waals surface area contributed by atoms with Gasteiger partial charge in [-0.25, -0.2) is 4.79 Å². The van der Waals surface area contributed by atoms with Crippen LogP contribution in [0.5, 0.6) is 5.75 Å². The average molecular weight is 407 g/mol. The number of halogens is 1. The zero-order valence-corrected chi connectivity index (χ0v) is 16.6. The second kappa shape index (κ2) is 8.39. The number of fused-ring (bicyclic) bond motifs is 1. The van der Waals surface area contributed by atoms with Crippen LogP contribution >= 0.6 is 15.9 Å². The standard InChI is InChI=1S/C20H23BrO4/c1-12(2)6-5-7-13(3)8-9-24-18-10-15-17(11-16(18)21)25-14(4)19(15)20(22)23/h6,8,10-11H,5,7,9H2,1-4H3,(H,22,23). The Labute approximate surface area is 156 Å². The molecule has 0 saturated carbocycles. The minimum atomic E-state index is -1.00. The van der Waals surface area contributed by atoms with E-state index >= 15 is 0 Å². The maximum atomic E-state index is 11.4. The second-order valence-corrected chi connectivity index (χ2v) is 7.15. The Hall–Kier alpha value is -2.01. The van der Waals surface area contributed by atoms with Crippen LogP contribution in [0.4, 0.5) is 0 Å². The first-order valence-corrected chi connectivity index (χ1v) is 8.96. The van der Waals surface area contributed by atoms with E-state index in [1.165, 1.54) is 11.1 Å². The maximum absolute atomic E-state index is 11.4. The molecule has 0 aliphatic heterocycles. The second-order valence-electron chi connectivity index (χ2n) is 6.30. The van der Waals surface area contributed by atoms with E-state index in [2.05, 4.69) is 42.8 Å². The molecule has 0 atom stereocenters. The summed E-state index contributed by atoms with van der Waals surface area (Å²) in [5.74, 6) is -0.00903. The lowest BCUT2D eigenvalue weighted by atomic mass is 10.1. The topological polar surface area (TPSA) is 59.7 Å². The van der Waals surface area contributed by atoms with Crippen LogP contribution in [-0.4, -0.2) is 17.7 Å². The highest BCUT2D eigenvalue weighted by molar-refractivity contribution is 9.10. The number of hydrogen-bond acceptors (Lipinski definition) is 3. The number of furan rings is 1. The maximum Gasteiger partial charge on any atom is 0.339 e. The van der Waals surface area contributed by atoms with Gasteiger partial charge in [-0.15, -0.1) is 0 Å². The minimum Gasteiger partial charge on any atom is -0.488 e. The van der Waals surface area contributed by atoms with Crippen molar-refractivity contribution in [2.24, 2.45) is 0 Å². The summed E-state index contributed by atoms with van der Waals surface area (Å²) in [6, 6.07) is 3.46. The van der Waals surface area contributed by atoms with Crippen LogP contribution in [0.3, 0.4) is 0 Å². The van der Waals surface area contributed by atoms with Crippen LogP contribution in [0, 0.1) is 6.92 Å². The fourth-order valence-corrected chi connectivity index (χ4v) is 3.00. The van der Waals surface area contributed by atoms with Crippen molar-refractivity contribution in [3.63, 3.8) is 0 Å². The molecule has 1 N–H and O–H groups in total. The van der Waals surface area contributed by atoms with Crippen LogP contribution in [-0.2, 0) is 0 Å². The number of carboxylic acid groups (broad SMARTS) is 1. The van der Waals surface area contributed by atoms with Crippen LogP contribution < -0.4 is 4.74 Å². The Bertz CT molecular complexity index is 839. The van der Waals surface area contributed by atoms with Crippen LogP contribution in [0.2, 0.25) is 0 Å². The highest BCUT2D eigenvalue weighted by Crippen LogP contribution is 2.35. The lowest BCUT2D eigenvalue weighted by molar-refractivity contribution is 0.0697. The third-order valence-electron chi connectivity index (χ3n) is 3.89. The van der Waals surface area contributed by atoms with Crippen molar-refractivity contribution in [1.29, 1.82) is 0 Å². The molecule has 2 rings (SSSR count). The van der Waals surface area contributed by atoms with E-state index in [0.717, 1.165) is 17.3 Å². The molecule has 134 valence electrons. The first-order chi connectivity index (χ1) is 11.8. The van der Waals surface area contributed by atoms with Gasteiger partial charge in [-0.1, -0.05) is 17.2 Å². The Morgan fingerprint density at radius 3 is 2.64 bits per heavy atom. The fourth-order valence-electron chi connectivity index (χ4n) is 2.56. The Balaban J connectivity index is 2.13. The summed E-state index contributed by atoms with van der Waals surface area (Å²) in [5, 5.41) is 9.90. The largest absolute Gasteiger partial charge is 0.488 e. The number of carboxylic acids is 1. The number of rotatable bonds is 7. The van der Waals surface area contributed by atoms with E-state index < -0.39 is 5.97 Å². The fraction of sp³-hybridized carbons (Fsp3) is 0.350. The molecule has 0 saturated heterocycles. The zero-order chi connectivity index (χ0) is 18.6. The van der Waals surface area contributed by atoms with E-state index in [1.54, 1.807) is 19.1 Å². The van der Waals surface area contributed by atoms with Crippen molar-refractivity contribution in [2.45, 2.75) is 40.5 Å². The number of benzene rings is 1. The highest BCUT2D eigenvalue weighted by atomic mass is 79.9. The summed E-state index contributed by atoms with van der Waals surface area (Å²) in [6.07, 6.45) is 6.29. The molecule has 0 bridgehead atoms. The van der Waals surface area contributed by atoms with Crippen molar-refractivity contribution < 1.29 is 19.1 Å². The predicted molar refractivity (Wildman–Crippen MR) is 104 cm³/mol. The molecule has 0 radical (unpaired) electrons. The van der Waals surface area contributed by atoms with E-state index in [-0.39, 0.29) is 5.56 Å². The third kappa shape index (κ3) is 4.98. The lowest BCUT2D eigenvalue weighted by Crippen LogP contribution is -1.98. The van der Waals surface area contributed by atoms with Gasteiger partial charge in [0.05, 0.1) is 4.47 Å². The quantitative estimate of drug-likeness (QED) is 0.550. The summed E-state index contributed by atoms with van der Waals surface area (Å²) < 4.78 is 12.1. The lowest BCUT2D eigenvalue weighted by Gasteiger charge is -2.07. The summed E-state index contributed by atoms with van der Waals surface area (Å²) in [5.41, 5.74) is 3.30.